The smallest absolute Gasteiger partial charge is 0.114 e. The van der Waals surface area contributed by atoms with Gasteiger partial charge < -0.3 is 4.48 Å². The Morgan fingerprint density at radius 1 is 1.25 bits per heavy atom. The fourth-order valence-electron chi connectivity index (χ4n) is 1.88. The summed E-state index contributed by atoms with van der Waals surface area (Å²) in [6.07, 6.45) is 2.56. The van der Waals surface area contributed by atoms with Gasteiger partial charge in [-0.2, -0.15) is 0 Å². The van der Waals surface area contributed by atoms with Crippen LogP contribution in [0.2, 0.25) is 0 Å². The molecular formula is C12H25Br2ClN+. The zero-order valence-electron chi connectivity index (χ0n) is 10.9. The summed E-state index contributed by atoms with van der Waals surface area (Å²) in [6.45, 7) is 13.5. The Morgan fingerprint density at radius 2 is 1.75 bits per heavy atom. The van der Waals surface area contributed by atoms with Gasteiger partial charge in [-0.05, 0) is 27.2 Å². The molecule has 0 aromatic rings. The molecule has 0 radical (unpaired) electrons. The molecule has 2 atom stereocenters. The molecule has 1 nitrogen and oxygen atoms in total. The van der Waals surface area contributed by atoms with Crippen molar-refractivity contribution in [3.8, 4) is 0 Å². The van der Waals surface area contributed by atoms with Crippen LogP contribution < -0.4 is 0 Å². The minimum absolute atomic E-state index is 0.290. The van der Waals surface area contributed by atoms with Crippen LogP contribution in [-0.2, 0) is 0 Å². The number of unbranched alkanes of at least 4 members (excludes halogenated alkanes) is 1. The summed E-state index contributed by atoms with van der Waals surface area (Å²) in [7, 11) is 0. The van der Waals surface area contributed by atoms with E-state index < -0.39 is 0 Å². The van der Waals surface area contributed by atoms with E-state index in [2.05, 4.69) is 52.6 Å². The van der Waals surface area contributed by atoms with Gasteiger partial charge in [0.15, 0.2) is 0 Å². The van der Waals surface area contributed by atoms with Crippen molar-refractivity contribution >= 4 is 43.5 Å². The van der Waals surface area contributed by atoms with E-state index in [1.165, 1.54) is 32.5 Å². The van der Waals surface area contributed by atoms with Crippen LogP contribution in [-0.4, -0.2) is 39.3 Å². The summed E-state index contributed by atoms with van der Waals surface area (Å²) >= 11 is 13.5. The highest BCUT2D eigenvalue weighted by Crippen LogP contribution is 2.34. The van der Waals surface area contributed by atoms with Crippen molar-refractivity contribution < 1.29 is 4.48 Å². The zero-order valence-corrected chi connectivity index (χ0v) is 14.8. The second kappa shape index (κ2) is 7.60. The van der Waals surface area contributed by atoms with Crippen molar-refractivity contribution in [2.75, 3.05) is 26.2 Å². The van der Waals surface area contributed by atoms with Gasteiger partial charge in [-0.3, -0.25) is 0 Å². The molecule has 0 saturated carbocycles. The van der Waals surface area contributed by atoms with E-state index in [1.807, 2.05) is 6.92 Å². The maximum atomic E-state index is 6.30. The summed E-state index contributed by atoms with van der Waals surface area (Å²) in [5.41, 5.74) is 0. The third kappa shape index (κ3) is 5.70. The molecule has 0 aromatic heterocycles. The van der Waals surface area contributed by atoms with Crippen LogP contribution in [0.5, 0.6) is 0 Å². The normalized spacial score (nSPS) is 18.2. The molecule has 0 saturated heterocycles. The lowest BCUT2D eigenvalue weighted by molar-refractivity contribution is -0.924. The predicted octanol–water partition coefficient (Wildman–Crippen LogP) is 4.76. The summed E-state index contributed by atoms with van der Waals surface area (Å²) < 4.78 is 0.796. The fourth-order valence-corrected chi connectivity index (χ4v) is 2.71. The minimum atomic E-state index is -0.354. The molecular weight excluding hydrogens is 353 g/mol. The molecule has 0 rings (SSSR count). The first-order chi connectivity index (χ1) is 7.31. The first-order valence-corrected chi connectivity index (χ1v) is 8.27. The number of halogens is 3. The van der Waals surface area contributed by atoms with Gasteiger partial charge in [-0.15, -0.1) is 11.6 Å². The van der Waals surface area contributed by atoms with Crippen LogP contribution in [0.3, 0.4) is 0 Å². The highest BCUT2D eigenvalue weighted by Gasteiger charge is 2.35. The van der Waals surface area contributed by atoms with Crippen molar-refractivity contribution in [1.82, 2.24) is 0 Å². The van der Waals surface area contributed by atoms with Crippen molar-refractivity contribution in [3.05, 3.63) is 0 Å². The van der Waals surface area contributed by atoms with Crippen molar-refractivity contribution in [2.45, 2.75) is 49.1 Å². The average molecular weight is 379 g/mol. The largest absolute Gasteiger partial charge is 0.323 e. The van der Waals surface area contributed by atoms with E-state index in [-0.39, 0.29) is 3.78 Å². The molecule has 0 bridgehead atoms. The highest BCUT2D eigenvalue weighted by atomic mass is 79.9. The predicted molar refractivity (Wildman–Crippen MR) is 81.9 cm³/mol. The lowest BCUT2D eigenvalue weighted by atomic mass is 10.2. The third-order valence-electron chi connectivity index (χ3n) is 3.43. The molecule has 98 valence electrons. The first kappa shape index (κ1) is 17.2. The van der Waals surface area contributed by atoms with Gasteiger partial charge in [0.05, 0.1) is 31.0 Å². The van der Waals surface area contributed by atoms with Crippen molar-refractivity contribution in [2.24, 2.45) is 0 Å². The molecule has 0 aliphatic heterocycles. The quantitative estimate of drug-likeness (QED) is 0.422. The molecule has 0 amide bonds. The Balaban J connectivity index is 4.53. The van der Waals surface area contributed by atoms with Crippen molar-refractivity contribution in [1.29, 1.82) is 0 Å². The summed E-state index contributed by atoms with van der Waals surface area (Å²) in [4.78, 5) is 0.290. The Hall–Kier alpha value is 1.21. The van der Waals surface area contributed by atoms with Gasteiger partial charge in [-0.1, -0.05) is 45.2 Å². The molecule has 4 heteroatoms. The lowest BCUT2D eigenvalue weighted by Crippen LogP contribution is -2.53. The molecule has 0 aliphatic carbocycles. The maximum absolute atomic E-state index is 6.30. The van der Waals surface area contributed by atoms with Gasteiger partial charge >= 0.3 is 0 Å². The Morgan fingerprint density at radius 3 is 2.06 bits per heavy atom. The van der Waals surface area contributed by atoms with E-state index in [9.17, 15) is 0 Å². The molecule has 0 spiro atoms. The minimum Gasteiger partial charge on any atom is -0.323 e. The van der Waals surface area contributed by atoms with Gasteiger partial charge in [0.1, 0.15) is 3.78 Å². The fraction of sp³-hybridized carbons (Fsp3) is 1.00. The summed E-state index contributed by atoms with van der Waals surface area (Å²) in [5.74, 6) is 0. The summed E-state index contributed by atoms with van der Waals surface area (Å²) in [6, 6.07) is 0. The molecule has 0 aliphatic rings. The molecule has 2 unspecified atom stereocenters. The molecule has 16 heavy (non-hydrogen) atoms. The summed E-state index contributed by atoms with van der Waals surface area (Å²) in [5, 5.41) is 0. The van der Waals surface area contributed by atoms with Crippen LogP contribution in [0.15, 0.2) is 0 Å². The SMILES string of the molecule is CCCC[N+](CC)(CC)CC(Br)C(C)(Cl)Br. The number of nitrogens with zero attached hydrogens (tertiary/aromatic N) is 1. The van der Waals surface area contributed by atoms with E-state index >= 15 is 0 Å². The maximum Gasteiger partial charge on any atom is 0.114 e. The number of quaternary nitrogens is 1. The van der Waals surface area contributed by atoms with E-state index in [4.69, 9.17) is 11.6 Å². The number of rotatable bonds is 8. The van der Waals surface area contributed by atoms with Gasteiger partial charge in [0.2, 0.25) is 0 Å². The lowest BCUT2D eigenvalue weighted by Gasteiger charge is -2.40. The molecule has 0 heterocycles. The van der Waals surface area contributed by atoms with Crippen LogP contribution >= 0.6 is 43.5 Å². The van der Waals surface area contributed by atoms with E-state index in [1.54, 1.807) is 0 Å². The monoisotopic (exact) mass is 376 g/mol. The van der Waals surface area contributed by atoms with E-state index in [0.717, 1.165) is 11.0 Å². The second-order valence-electron chi connectivity index (χ2n) is 4.66. The number of hydrogen-bond donors (Lipinski definition) is 0. The third-order valence-corrected chi connectivity index (χ3v) is 6.32. The van der Waals surface area contributed by atoms with Crippen molar-refractivity contribution in [3.63, 3.8) is 0 Å². The zero-order chi connectivity index (χ0) is 12.8. The molecule has 0 aromatic carbocycles. The highest BCUT2D eigenvalue weighted by molar-refractivity contribution is 9.13. The second-order valence-corrected chi connectivity index (χ2v) is 8.65. The standard InChI is InChI=1S/C12H25Br2ClN/c1-5-8-9-16(6-2,7-3)10-11(13)12(4,14)15/h11H,5-10H2,1-4H3/q+1. The van der Waals surface area contributed by atoms with Crippen LogP contribution in [0, 0.1) is 0 Å². The molecule has 0 fully saturated rings. The Bertz CT molecular complexity index is 188. The topological polar surface area (TPSA) is 0 Å². The van der Waals surface area contributed by atoms with E-state index in [0.29, 0.717) is 4.83 Å². The molecule has 0 N–H and O–H groups in total. The first-order valence-electron chi connectivity index (χ1n) is 6.18. The van der Waals surface area contributed by atoms with Crippen LogP contribution in [0.1, 0.15) is 40.5 Å². The number of hydrogen-bond acceptors (Lipinski definition) is 0. The van der Waals surface area contributed by atoms with Crippen LogP contribution in [0.25, 0.3) is 0 Å². The Labute approximate surface area is 123 Å². The Kier molecular flexibility index (Phi) is 8.18. The number of alkyl halides is 3. The van der Waals surface area contributed by atoms with Gasteiger partial charge in [-0.25, -0.2) is 0 Å². The van der Waals surface area contributed by atoms with Gasteiger partial charge in [0, 0.05) is 0 Å². The average Bonchev–Trinajstić information content (AvgIpc) is 2.22. The van der Waals surface area contributed by atoms with Crippen LogP contribution in [0.4, 0.5) is 0 Å². The van der Waals surface area contributed by atoms with Gasteiger partial charge in [0.25, 0.3) is 0 Å².